The molecular formula is C27H26N4O3. The van der Waals surface area contributed by atoms with E-state index >= 15 is 0 Å². The van der Waals surface area contributed by atoms with E-state index < -0.39 is 6.04 Å². The van der Waals surface area contributed by atoms with Gasteiger partial charge in [0, 0.05) is 23.0 Å². The average molecular weight is 455 g/mol. The highest BCUT2D eigenvalue weighted by Crippen LogP contribution is 2.43. The van der Waals surface area contributed by atoms with E-state index in [1.54, 1.807) is 14.2 Å². The highest BCUT2D eigenvalue weighted by molar-refractivity contribution is 6.06. The second kappa shape index (κ2) is 8.59. The van der Waals surface area contributed by atoms with Crippen molar-refractivity contribution in [1.82, 2.24) is 9.55 Å². The zero-order chi connectivity index (χ0) is 23.8. The van der Waals surface area contributed by atoms with Gasteiger partial charge in [0.2, 0.25) is 5.95 Å². The van der Waals surface area contributed by atoms with Gasteiger partial charge < -0.3 is 20.1 Å². The molecule has 0 fully saturated rings. The molecule has 172 valence electrons. The van der Waals surface area contributed by atoms with Crippen molar-refractivity contribution in [1.29, 1.82) is 0 Å². The summed E-state index contributed by atoms with van der Waals surface area (Å²) in [5.41, 5.74) is 5.77. The normalized spacial score (nSPS) is 15.0. The summed E-state index contributed by atoms with van der Waals surface area (Å²) in [6, 6.07) is 20.8. The van der Waals surface area contributed by atoms with Crippen LogP contribution in [0.15, 0.2) is 78.0 Å². The van der Waals surface area contributed by atoms with Gasteiger partial charge in [0.05, 0.1) is 36.9 Å². The first kappa shape index (κ1) is 21.6. The summed E-state index contributed by atoms with van der Waals surface area (Å²) < 4.78 is 13.2. The first-order valence-corrected chi connectivity index (χ1v) is 11.0. The number of anilines is 2. The molecule has 0 spiro atoms. The predicted molar refractivity (Wildman–Crippen MR) is 134 cm³/mol. The zero-order valence-electron chi connectivity index (χ0n) is 19.5. The maximum atomic E-state index is 13.7. The number of para-hydroxylation sites is 2. The number of aryl methyl sites for hydroxylation is 1. The molecule has 34 heavy (non-hydrogen) atoms. The number of carbonyl (C=O) groups excluding carboxylic acids is 1. The fraction of sp³-hybridized carbons (Fsp3) is 0.185. The number of aromatic nitrogens is 2. The Morgan fingerprint density at radius 3 is 2.50 bits per heavy atom. The third-order valence-electron chi connectivity index (χ3n) is 6.12. The lowest BCUT2D eigenvalue weighted by Crippen LogP contribution is -2.31. The van der Waals surface area contributed by atoms with Gasteiger partial charge in [-0.05, 0) is 50.2 Å². The molecule has 0 radical (unpaired) electrons. The van der Waals surface area contributed by atoms with Gasteiger partial charge in [0.15, 0.2) is 0 Å². The van der Waals surface area contributed by atoms with Gasteiger partial charge in [-0.15, -0.1) is 0 Å². The number of fused-ring (bicyclic) bond motifs is 3. The Balaban J connectivity index is 1.69. The molecular weight excluding hydrogens is 428 g/mol. The lowest BCUT2D eigenvalue weighted by Gasteiger charge is -2.31. The molecule has 0 bridgehead atoms. The summed E-state index contributed by atoms with van der Waals surface area (Å²) >= 11 is 0. The average Bonchev–Trinajstić information content (AvgIpc) is 3.22. The van der Waals surface area contributed by atoms with Crippen LogP contribution in [0.5, 0.6) is 11.5 Å². The molecule has 5 rings (SSSR count). The zero-order valence-corrected chi connectivity index (χ0v) is 19.5. The SMILES string of the molecule is COc1ccc([C@H]2C(C(=O)Nc3ccc(C)cc3)=C(C)Nc3nc4ccccc4n32)c(OC)c1. The van der Waals surface area contributed by atoms with Crippen LogP contribution in [-0.2, 0) is 4.79 Å². The Hall–Kier alpha value is -4.26. The van der Waals surface area contributed by atoms with Gasteiger partial charge in [-0.1, -0.05) is 29.8 Å². The molecule has 1 amide bonds. The molecule has 2 N–H and O–H groups in total. The minimum Gasteiger partial charge on any atom is -0.497 e. The molecule has 2 heterocycles. The molecule has 7 nitrogen and oxygen atoms in total. The lowest BCUT2D eigenvalue weighted by atomic mass is 9.93. The van der Waals surface area contributed by atoms with Crippen LogP contribution in [0.2, 0.25) is 0 Å². The quantitative estimate of drug-likeness (QED) is 0.429. The maximum absolute atomic E-state index is 13.7. The van der Waals surface area contributed by atoms with E-state index in [4.69, 9.17) is 14.5 Å². The van der Waals surface area contributed by atoms with E-state index in [0.29, 0.717) is 23.0 Å². The lowest BCUT2D eigenvalue weighted by molar-refractivity contribution is -0.113. The molecule has 0 saturated heterocycles. The van der Waals surface area contributed by atoms with Crippen molar-refractivity contribution >= 4 is 28.6 Å². The molecule has 0 saturated carbocycles. The van der Waals surface area contributed by atoms with Crippen LogP contribution >= 0.6 is 0 Å². The van der Waals surface area contributed by atoms with Crippen LogP contribution in [0.25, 0.3) is 11.0 Å². The Morgan fingerprint density at radius 2 is 1.76 bits per heavy atom. The number of hydrogen-bond acceptors (Lipinski definition) is 5. The number of methoxy groups -OCH3 is 2. The van der Waals surface area contributed by atoms with E-state index in [-0.39, 0.29) is 5.91 Å². The first-order chi connectivity index (χ1) is 16.5. The van der Waals surface area contributed by atoms with Crippen molar-refractivity contribution in [2.75, 3.05) is 24.9 Å². The minimum atomic E-state index is -0.463. The Kier molecular flexibility index (Phi) is 5.45. The summed E-state index contributed by atoms with van der Waals surface area (Å²) in [5.74, 6) is 1.79. The molecule has 1 aliphatic heterocycles. The van der Waals surface area contributed by atoms with Crippen molar-refractivity contribution in [3.05, 3.63) is 89.1 Å². The van der Waals surface area contributed by atoms with E-state index in [9.17, 15) is 4.79 Å². The van der Waals surface area contributed by atoms with Crippen molar-refractivity contribution in [3.63, 3.8) is 0 Å². The summed E-state index contributed by atoms with van der Waals surface area (Å²) in [5, 5.41) is 6.40. The highest BCUT2D eigenvalue weighted by atomic mass is 16.5. The standard InChI is InChI=1S/C27H26N4O3/c1-16-9-11-18(12-10-16)29-26(32)24-17(2)28-27-30-21-7-5-6-8-22(21)31(27)25(24)20-14-13-19(33-3)15-23(20)34-4/h5-15,25H,1-4H3,(H,28,30)(H,29,32)/t25-/m0/s1. The molecule has 7 heteroatoms. The van der Waals surface area contributed by atoms with Gasteiger partial charge in [-0.3, -0.25) is 9.36 Å². The van der Waals surface area contributed by atoms with Crippen LogP contribution in [0.3, 0.4) is 0 Å². The minimum absolute atomic E-state index is 0.194. The fourth-order valence-electron chi connectivity index (χ4n) is 4.43. The summed E-state index contributed by atoms with van der Waals surface area (Å²) in [7, 11) is 3.24. The van der Waals surface area contributed by atoms with Crippen molar-refractivity contribution in [2.45, 2.75) is 19.9 Å². The molecule has 1 aliphatic rings. The molecule has 0 unspecified atom stereocenters. The van der Waals surface area contributed by atoms with Crippen molar-refractivity contribution in [2.24, 2.45) is 0 Å². The number of imidazole rings is 1. The Labute approximate surface area is 198 Å². The van der Waals surface area contributed by atoms with E-state index in [1.807, 2.05) is 80.6 Å². The second-order valence-corrected chi connectivity index (χ2v) is 8.29. The molecule has 3 aromatic carbocycles. The molecule has 0 aliphatic carbocycles. The number of rotatable bonds is 5. The smallest absolute Gasteiger partial charge is 0.255 e. The number of carbonyl (C=O) groups is 1. The van der Waals surface area contributed by atoms with Gasteiger partial charge in [-0.2, -0.15) is 0 Å². The summed E-state index contributed by atoms with van der Waals surface area (Å²) in [6.07, 6.45) is 0. The summed E-state index contributed by atoms with van der Waals surface area (Å²) in [4.78, 5) is 18.5. The van der Waals surface area contributed by atoms with Crippen LogP contribution in [0.4, 0.5) is 11.6 Å². The number of nitrogens with one attached hydrogen (secondary N) is 2. The molecule has 1 atom stereocenters. The van der Waals surface area contributed by atoms with Crippen LogP contribution < -0.4 is 20.1 Å². The van der Waals surface area contributed by atoms with Gasteiger partial charge >= 0.3 is 0 Å². The Bertz CT molecular complexity index is 1420. The summed E-state index contributed by atoms with van der Waals surface area (Å²) in [6.45, 7) is 3.91. The van der Waals surface area contributed by atoms with Crippen molar-refractivity contribution in [3.8, 4) is 11.5 Å². The Morgan fingerprint density at radius 1 is 1.00 bits per heavy atom. The number of amides is 1. The number of benzene rings is 3. The first-order valence-electron chi connectivity index (χ1n) is 11.0. The number of nitrogens with zero attached hydrogens (tertiary/aromatic N) is 2. The largest absolute Gasteiger partial charge is 0.497 e. The second-order valence-electron chi connectivity index (χ2n) is 8.29. The van der Waals surface area contributed by atoms with E-state index in [2.05, 4.69) is 15.2 Å². The van der Waals surface area contributed by atoms with Crippen LogP contribution in [0, 0.1) is 6.92 Å². The number of hydrogen-bond donors (Lipinski definition) is 2. The van der Waals surface area contributed by atoms with E-state index in [1.165, 1.54) is 0 Å². The van der Waals surface area contributed by atoms with Crippen molar-refractivity contribution < 1.29 is 14.3 Å². The molecule has 4 aromatic rings. The fourth-order valence-corrected chi connectivity index (χ4v) is 4.43. The topological polar surface area (TPSA) is 77.4 Å². The number of allylic oxidation sites excluding steroid dienone is 1. The van der Waals surface area contributed by atoms with Gasteiger partial charge in [-0.25, -0.2) is 4.98 Å². The predicted octanol–water partition coefficient (Wildman–Crippen LogP) is 5.29. The maximum Gasteiger partial charge on any atom is 0.255 e. The van der Waals surface area contributed by atoms with Gasteiger partial charge in [0.25, 0.3) is 5.91 Å². The third kappa shape index (κ3) is 3.65. The van der Waals surface area contributed by atoms with Crippen LogP contribution in [-0.4, -0.2) is 29.7 Å². The third-order valence-corrected chi connectivity index (χ3v) is 6.12. The molecule has 1 aromatic heterocycles. The van der Waals surface area contributed by atoms with Gasteiger partial charge in [0.1, 0.15) is 11.5 Å². The highest BCUT2D eigenvalue weighted by Gasteiger charge is 2.35. The number of ether oxygens (including phenoxy) is 2. The monoisotopic (exact) mass is 454 g/mol. The van der Waals surface area contributed by atoms with E-state index in [0.717, 1.165) is 33.5 Å². The van der Waals surface area contributed by atoms with Crippen LogP contribution in [0.1, 0.15) is 24.1 Å².